The minimum atomic E-state index is -3.74. The number of rotatable bonds is 8. The van der Waals surface area contributed by atoms with E-state index in [1.807, 2.05) is 6.92 Å². The number of hydrogen-bond acceptors (Lipinski definition) is 5. The summed E-state index contributed by atoms with van der Waals surface area (Å²) in [4.78, 5) is 12.1. The number of halogens is 1. The van der Waals surface area contributed by atoms with Crippen molar-refractivity contribution in [2.45, 2.75) is 24.3 Å². The SMILES string of the molecule is COc1ccc(NS(=O)(=O)c2ccc(C(=O)NCCC(C)N)cc2)cc1.Cl. The van der Waals surface area contributed by atoms with Crippen molar-refractivity contribution in [3.05, 3.63) is 54.1 Å². The molecule has 0 radical (unpaired) electrons. The van der Waals surface area contributed by atoms with Crippen LogP contribution in [0.1, 0.15) is 23.7 Å². The van der Waals surface area contributed by atoms with Gasteiger partial charge in [0, 0.05) is 23.8 Å². The molecule has 0 aliphatic heterocycles. The van der Waals surface area contributed by atoms with Gasteiger partial charge in [-0.2, -0.15) is 0 Å². The topological polar surface area (TPSA) is 111 Å². The van der Waals surface area contributed by atoms with Crippen molar-refractivity contribution in [3.63, 3.8) is 0 Å². The summed E-state index contributed by atoms with van der Waals surface area (Å²) in [6.07, 6.45) is 0.671. The number of anilines is 1. The average Bonchev–Trinajstić information content (AvgIpc) is 2.62. The van der Waals surface area contributed by atoms with Crippen molar-refractivity contribution in [1.29, 1.82) is 0 Å². The lowest BCUT2D eigenvalue weighted by Gasteiger charge is -2.10. The molecule has 27 heavy (non-hydrogen) atoms. The van der Waals surface area contributed by atoms with E-state index in [1.165, 1.54) is 31.4 Å². The third-order valence-corrected chi connectivity index (χ3v) is 5.05. The fraction of sp³-hybridized carbons (Fsp3) is 0.278. The van der Waals surface area contributed by atoms with Gasteiger partial charge in [0.1, 0.15) is 5.75 Å². The lowest BCUT2D eigenvalue weighted by atomic mass is 10.2. The van der Waals surface area contributed by atoms with E-state index in [9.17, 15) is 13.2 Å². The van der Waals surface area contributed by atoms with Crippen molar-refractivity contribution in [2.75, 3.05) is 18.4 Å². The van der Waals surface area contributed by atoms with Crippen LogP contribution in [0, 0.1) is 0 Å². The zero-order valence-electron chi connectivity index (χ0n) is 15.1. The quantitative estimate of drug-likeness (QED) is 0.615. The third-order valence-electron chi connectivity index (χ3n) is 3.65. The van der Waals surface area contributed by atoms with Crippen molar-refractivity contribution in [3.8, 4) is 5.75 Å². The number of methoxy groups -OCH3 is 1. The number of benzene rings is 2. The standard InChI is InChI=1S/C18H23N3O4S.ClH/c1-13(19)11-12-20-18(22)14-3-9-17(10-4-14)26(23,24)21-15-5-7-16(25-2)8-6-15;/h3-10,13,21H,11-12,19H2,1-2H3,(H,20,22);1H. The van der Waals surface area contributed by atoms with Crippen LogP contribution in [0.4, 0.5) is 5.69 Å². The summed E-state index contributed by atoms with van der Waals surface area (Å²) in [6.45, 7) is 2.33. The average molecular weight is 414 g/mol. The smallest absolute Gasteiger partial charge is 0.261 e. The van der Waals surface area contributed by atoms with Gasteiger partial charge in [-0.25, -0.2) is 8.42 Å². The number of nitrogens with two attached hydrogens (primary N) is 1. The van der Waals surface area contributed by atoms with E-state index < -0.39 is 10.0 Å². The lowest BCUT2D eigenvalue weighted by Crippen LogP contribution is -2.28. The van der Waals surface area contributed by atoms with E-state index >= 15 is 0 Å². The zero-order valence-corrected chi connectivity index (χ0v) is 16.8. The highest BCUT2D eigenvalue weighted by Gasteiger charge is 2.15. The van der Waals surface area contributed by atoms with Crippen LogP contribution in [0.5, 0.6) is 5.75 Å². The van der Waals surface area contributed by atoms with Crippen molar-refractivity contribution < 1.29 is 17.9 Å². The molecule has 4 N–H and O–H groups in total. The number of hydrogen-bond donors (Lipinski definition) is 3. The Hall–Kier alpha value is -2.29. The molecule has 0 saturated heterocycles. The second-order valence-electron chi connectivity index (χ2n) is 5.88. The molecule has 0 heterocycles. The van der Waals surface area contributed by atoms with Crippen LogP contribution in [-0.2, 0) is 10.0 Å². The second-order valence-corrected chi connectivity index (χ2v) is 7.56. The zero-order chi connectivity index (χ0) is 19.2. The van der Waals surface area contributed by atoms with Gasteiger partial charge in [0.25, 0.3) is 15.9 Å². The van der Waals surface area contributed by atoms with Crippen LogP contribution in [0.3, 0.4) is 0 Å². The van der Waals surface area contributed by atoms with Crippen LogP contribution in [0.15, 0.2) is 53.4 Å². The molecule has 0 aliphatic rings. The molecular weight excluding hydrogens is 390 g/mol. The van der Waals surface area contributed by atoms with Crippen LogP contribution in [0.2, 0.25) is 0 Å². The molecule has 0 aromatic heterocycles. The van der Waals surface area contributed by atoms with E-state index in [0.29, 0.717) is 30.0 Å². The molecule has 2 aromatic rings. The summed E-state index contributed by atoms with van der Waals surface area (Å²) < 4.78 is 32.4. The fourth-order valence-corrected chi connectivity index (χ4v) is 3.23. The Morgan fingerprint density at radius 3 is 2.22 bits per heavy atom. The van der Waals surface area contributed by atoms with E-state index in [2.05, 4.69) is 10.0 Å². The first-order valence-corrected chi connectivity index (χ1v) is 9.61. The van der Waals surface area contributed by atoms with E-state index in [-0.39, 0.29) is 29.3 Å². The molecule has 9 heteroatoms. The summed E-state index contributed by atoms with van der Waals surface area (Å²) in [7, 11) is -2.21. The van der Waals surface area contributed by atoms with E-state index in [4.69, 9.17) is 10.5 Å². The maximum atomic E-state index is 12.4. The van der Waals surface area contributed by atoms with Crippen LogP contribution >= 0.6 is 12.4 Å². The molecule has 2 aromatic carbocycles. The number of amides is 1. The van der Waals surface area contributed by atoms with Crippen molar-refractivity contribution in [2.24, 2.45) is 5.73 Å². The lowest BCUT2D eigenvalue weighted by molar-refractivity contribution is 0.0952. The Morgan fingerprint density at radius 1 is 1.11 bits per heavy atom. The van der Waals surface area contributed by atoms with Gasteiger partial charge in [-0.1, -0.05) is 0 Å². The Bertz CT molecular complexity index is 838. The molecule has 0 saturated carbocycles. The maximum Gasteiger partial charge on any atom is 0.261 e. The molecule has 1 unspecified atom stereocenters. The van der Waals surface area contributed by atoms with Crippen molar-refractivity contribution in [1.82, 2.24) is 5.32 Å². The summed E-state index contributed by atoms with van der Waals surface area (Å²) in [5.41, 5.74) is 6.44. The minimum Gasteiger partial charge on any atom is -0.497 e. The van der Waals surface area contributed by atoms with E-state index in [1.54, 1.807) is 24.3 Å². The number of nitrogens with one attached hydrogen (secondary N) is 2. The molecule has 7 nitrogen and oxygen atoms in total. The Balaban J connectivity index is 0.00000364. The summed E-state index contributed by atoms with van der Waals surface area (Å²) in [5.74, 6) is 0.366. The first kappa shape index (κ1) is 22.8. The minimum absolute atomic E-state index is 0. The van der Waals surface area contributed by atoms with Crippen LogP contribution in [0.25, 0.3) is 0 Å². The van der Waals surface area contributed by atoms with Crippen molar-refractivity contribution >= 4 is 34.0 Å². The summed E-state index contributed by atoms with van der Waals surface area (Å²) >= 11 is 0. The largest absolute Gasteiger partial charge is 0.497 e. The molecule has 0 spiro atoms. The highest BCUT2D eigenvalue weighted by Crippen LogP contribution is 2.19. The molecule has 1 amide bonds. The fourth-order valence-electron chi connectivity index (χ4n) is 2.17. The Morgan fingerprint density at radius 2 is 1.70 bits per heavy atom. The van der Waals surface area contributed by atoms with Gasteiger partial charge in [0.2, 0.25) is 0 Å². The molecule has 0 fully saturated rings. The van der Waals surface area contributed by atoms with Gasteiger partial charge in [0.15, 0.2) is 0 Å². The van der Waals surface area contributed by atoms with Gasteiger partial charge in [-0.05, 0) is 61.9 Å². The monoisotopic (exact) mass is 413 g/mol. The number of carbonyl (C=O) groups is 1. The van der Waals surface area contributed by atoms with E-state index in [0.717, 1.165) is 0 Å². The predicted octanol–water partition coefficient (Wildman–Crippen LogP) is 2.38. The van der Waals surface area contributed by atoms with Crippen LogP contribution in [-0.4, -0.2) is 34.0 Å². The number of carbonyl (C=O) groups excluding carboxylic acids is 1. The second kappa shape index (κ2) is 10.1. The molecule has 0 bridgehead atoms. The van der Waals surface area contributed by atoms with Gasteiger partial charge in [0.05, 0.1) is 12.0 Å². The highest BCUT2D eigenvalue weighted by atomic mass is 35.5. The molecule has 0 aliphatic carbocycles. The van der Waals surface area contributed by atoms with Gasteiger partial charge in [-0.15, -0.1) is 12.4 Å². The molecular formula is C18H24ClN3O4S. The summed E-state index contributed by atoms with van der Waals surface area (Å²) in [5, 5.41) is 2.74. The predicted molar refractivity (Wildman–Crippen MR) is 108 cm³/mol. The van der Waals surface area contributed by atoms with Gasteiger partial charge >= 0.3 is 0 Å². The van der Waals surface area contributed by atoms with Gasteiger partial charge < -0.3 is 15.8 Å². The van der Waals surface area contributed by atoms with Crippen LogP contribution < -0.4 is 20.5 Å². The Kier molecular flexibility index (Phi) is 8.55. The first-order valence-electron chi connectivity index (χ1n) is 8.12. The number of ether oxygens (including phenoxy) is 1. The maximum absolute atomic E-state index is 12.4. The molecule has 2 rings (SSSR count). The molecule has 148 valence electrons. The highest BCUT2D eigenvalue weighted by molar-refractivity contribution is 7.92. The third kappa shape index (κ3) is 6.74. The molecule has 1 atom stereocenters. The van der Waals surface area contributed by atoms with Gasteiger partial charge in [-0.3, -0.25) is 9.52 Å². The number of sulfonamides is 1. The normalized spacial score (nSPS) is 11.8. The summed E-state index contributed by atoms with van der Waals surface area (Å²) in [6, 6.07) is 12.3. The Labute approximate surface area is 165 Å². The first-order chi connectivity index (χ1) is 12.3.